The van der Waals surface area contributed by atoms with E-state index in [0.717, 1.165) is 32.1 Å². The average Bonchev–Trinajstić information content (AvgIpc) is 2.21. The summed E-state index contributed by atoms with van der Waals surface area (Å²) >= 11 is 0. The number of carbonyl (C=O) groups is 2. The summed E-state index contributed by atoms with van der Waals surface area (Å²) in [5.74, 6) is -1.97. The normalized spacial score (nSPS) is 10.7. The van der Waals surface area contributed by atoms with Gasteiger partial charge in [0.05, 0.1) is 0 Å². The Balaban J connectivity index is 3.22. The molecule has 0 rings (SSSR count). The molecule has 0 saturated heterocycles. The molecule has 3 nitrogen and oxygen atoms in total. The van der Waals surface area contributed by atoms with Crippen molar-refractivity contribution in [1.82, 2.24) is 0 Å². The number of carboxylic acids is 1. The van der Waals surface area contributed by atoms with Gasteiger partial charge in [0.1, 0.15) is 0 Å². The van der Waals surface area contributed by atoms with Crippen LogP contribution in [0.25, 0.3) is 0 Å². The molecule has 0 aromatic rings. The summed E-state index contributed by atoms with van der Waals surface area (Å²) in [6.07, 6.45) is 10.5. The molecule has 3 heteroatoms. The number of unbranched alkanes of at least 4 members (excludes halogenated alkanes) is 4. The maximum Gasteiger partial charge on any atom is 0.372 e. The monoisotopic (exact) mass is 212 g/mol. The Morgan fingerprint density at radius 3 is 2.33 bits per heavy atom. The zero-order chi connectivity index (χ0) is 11.5. The number of Topliss-reactive ketones (excluding diaryl/α,β-unsaturated/α-hetero) is 1. The lowest BCUT2D eigenvalue weighted by Gasteiger charge is -1.97. The van der Waals surface area contributed by atoms with Crippen LogP contribution in [-0.4, -0.2) is 16.9 Å². The molecule has 0 atom stereocenters. The number of allylic oxidation sites excluding steroid dienone is 2. The van der Waals surface area contributed by atoms with Crippen molar-refractivity contribution in [3.05, 3.63) is 12.2 Å². The molecule has 1 N–H and O–H groups in total. The van der Waals surface area contributed by atoms with Crippen molar-refractivity contribution in [3.8, 4) is 0 Å². The summed E-state index contributed by atoms with van der Waals surface area (Å²) < 4.78 is 0. The van der Waals surface area contributed by atoms with Crippen LogP contribution in [0.2, 0.25) is 0 Å². The molecule has 0 aliphatic rings. The molecule has 86 valence electrons. The molecule has 0 radical (unpaired) electrons. The van der Waals surface area contributed by atoms with Crippen LogP contribution in [0.15, 0.2) is 12.2 Å². The van der Waals surface area contributed by atoms with Gasteiger partial charge < -0.3 is 5.11 Å². The van der Waals surface area contributed by atoms with Crippen LogP contribution in [-0.2, 0) is 9.59 Å². The standard InChI is InChI=1S/C12H20O3/c1-2-3-4-5-6-7-8-9-10-11(13)12(14)15/h3-4H,2,5-10H2,1H3,(H,14,15). The maximum atomic E-state index is 10.7. The van der Waals surface area contributed by atoms with Gasteiger partial charge in [0.15, 0.2) is 0 Å². The Morgan fingerprint density at radius 1 is 1.07 bits per heavy atom. The van der Waals surface area contributed by atoms with Crippen molar-refractivity contribution < 1.29 is 14.7 Å². The first-order chi connectivity index (χ1) is 7.18. The predicted octanol–water partition coefficient (Wildman–Crippen LogP) is 2.95. The number of rotatable bonds is 9. The Bertz CT molecular complexity index is 219. The molecule has 0 unspecified atom stereocenters. The molecule has 0 aromatic heterocycles. The quantitative estimate of drug-likeness (QED) is 0.363. The summed E-state index contributed by atoms with van der Waals surface area (Å²) in [7, 11) is 0. The van der Waals surface area contributed by atoms with Crippen molar-refractivity contribution in [1.29, 1.82) is 0 Å². The second-order valence-electron chi connectivity index (χ2n) is 3.56. The average molecular weight is 212 g/mol. The highest BCUT2D eigenvalue weighted by molar-refractivity contribution is 6.32. The van der Waals surface area contributed by atoms with E-state index >= 15 is 0 Å². The van der Waals surface area contributed by atoms with Gasteiger partial charge in [-0.2, -0.15) is 0 Å². The van der Waals surface area contributed by atoms with E-state index in [1.807, 2.05) is 0 Å². The summed E-state index contributed by atoms with van der Waals surface area (Å²) in [6, 6.07) is 0. The minimum Gasteiger partial charge on any atom is -0.476 e. The van der Waals surface area contributed by atoms with Crippen LogP contribution >= 0.6 is 0 Å². The van der Waals surface area contributed by atoms with E-state index in [9.17, 15) is 9.59 Å². The number of carbonyl (C=O) groups excluding carboxylic acids is 1. The van der Waals surface area contributed by atoms with Crippen LogP contribution in [0.1, 0.15) is 51.9 Å². The van der Waals surface area contributed by atoms with E-state index in [0.29, 0.717) is 6.42 Å². The number of hydrogen-bond acceptors (Lipinski definition) is 2. The first kappa shape index (κ1) is 13.9. The molecule has 15 heavy (non-hydrogen) atoms. The minimum absolute atomic E-state index is 0.181. The lowest BCUT2D eigenvalue weighted by atomic mass is 10.1. The molecule has 0 saturated carbocycles. The molecular formula is C12H20O3. The Labute approximate surface area is 91.2 Å². The van der Waals surface area contributed by atoms with Crippen LogP contribution in [0.4, 0.5) is 0 Å². The van der Waals surface area contributed by atoms with Crippen LogP contribution in [0.5, 0.6) is 0 Å². The zero-order valence-electron chi connectivity index (χ0n) is 9.37. The number of hydrogen-bond donors (Lipinski definition) is 1. The van der Waals surface area contributed by atoms with Gasteiger partial charge in [-0.05, 0) is 25.7 Å². The number of carboxylic acid groups (broad SMARTS) is 1. The van der Waals surface area contributed by atoms with E-state index < -0.39 is 11.8 Å². The van der Waals surface area contributed by atoms with E-state index in [1.165, 1.54) is 0 Å². The van der Waals surface area contributed by atoms with Gasteiger partial charge in [-0.15, -0.1) is 0 Å². The SMILES string of the molecule is CCC=CCCCCCCC(=O)C(=O)O. The third kappa shape index (κ3) is 9.19. The highest BCUT2D eigenvalue weighted by atomic mass is 16.4. The fourth-order valence-electron chi connectivity index (χ4n) is 1.29. The van der Waals surface area contributed by atoms with Crippen molar-refractivity contribution in [3.63, 3.8) is 0 Å². The van der Waals surface area contributed by atoms with Gasteiger partial charge in [-0.3, -0.25) is 4.79 Å². The summed E-state index contributed by atoms with van der Waals surface area (Å²) in [5.41, 5.74) is 0. The molecule has 0 heterocycles. The fourth-order valence-corrected chi connectivity index (χ4v) is 1.29. The molecular weight excluding hydrogens is 192 g/mol. The molecule has 0 aromatic carbocycles. The maximum absolute atomic E-state index is 10.7. The Morgan fingerprint density at radius 2 is 1.73 bits per heavy atom. The summed E-state index contributed by atoms with van der Waals surface area (Å²) in [6.45, 7) is 2.11. The van der Waals surface area contributed by atoms with Crippen molar-refractivity contribution in [2.45, 2.75) is 51.9 Å². The van der Waals surface area contributed by atoms with Gasteiger partial charge >= 0.3 is 5.97 Å². The minimum atomic E-state index is -1.30. The lowest BCUT2D eigenvalue weighted by Crippen LogP contribution is -2.11. The van der Waals surface area contributed by atoms with E-state index in [4.69, 9.17) is 5.11 Å². The Kier molecular flexibility index (Phi) is 8.73. The smallest absolute Gasteiger partial charge is 0.372 e. The van der Waals surface area contributed by atoms with E-state index in [2.05, 4.69) is 19.1 Å². The molecule has 0 bridgehead atoms. The van der Waals surface area contributed by atoms with Gasteiger partial charge in [0, 0.05) is 6.42 Å². The third-order valence-corrected chi connectivity index (χ3v) is 2.17. The second kappa shape index (κ2) is 9.44. The summed E-state index contributed by atoms with van der Waals surface area (Å²) in [4.78, 5) is 20.9. The molecule has 0 amide bonds. The highest BCUT2D eigenvalue weighted by Gasteiger charge is 2.09. The molecule has 0 spiro atoms. The number of aliphatic carboxylic acids is 1. The third-order valence-electron chi connectivity index (χ3n) is 2.17. The van der Waals surface area contributed by atoms with Gasteiger partial charge in [0.25, 0.3) is 0 Å². The van der Waals surface area contributed by atoms with E-state index in [-0.39, 0.29) is 6.42 Å². The van der Waals surface area contributed by atoms with Gasteiger partial charge in [0.2, 0.25) is 5.78 Å². The lowest BCUT2D eigenvalue weighted by molar-refractivity contribution is -0.149. The predicted molar refractivity (Wildman–Crippen MR) is 59.8 cm³/mol. The zero-order valence-corrected chi connectivity index (χ0v) is 9.37. The van der Waals surface area contributed by atoms with Crippen LogP contribution < -0.4 is 0 Å². The van der Waals surface area contributed by atoms with Crippen molar-refractivity contribution in [2.75, 3.05) is 0 Å². The first-order valence-corrected chi connectivity index (χ1v) is 5.59. The van der Waals surface area contributed by atoms with E-state index in [1.54, 1.807) is 0 Å². The van der Waals surface area contributed by atoms with Crippen molar-refractivity contribution >= 4 is 11.8 Å². The van der Waals surface area contributed by atoms with Crippen molar-refractivity contribution in [2.24, 2.45) is 0 Å². The molecule has 0 fully saturated rings. The van der Waals surface area contributed by atoms with Crippen LogP contribution in [0.3, 0.4) is 0 Å². The first-order valence-electron chi connectivity index (χ1n) is 5.59. The molecule has 0 aliphatic carbocycles. The highest BCUT2D eigenvalue weighted by Crippen LogP contribution is 2.06. The van der Waals surface area contributed by atoms with Gasteiger partial charge in [-0.25, -0.2) is 4.79 Å². The Hall–Kier alpha value is -1.12. The largest absolute Gasteiger partial charge is 0.476 e. The molecule has 0 aliphatic heterocycles. The van der Waals surface area contributed by atoms with Gasteiger partial charge in [-0.1, -0.05) is 31.9 Å². The van der Waals surface area contributed by atoms with Crippen LogP contribution in [0, 0.1) is 0 Å². The topological polar surface area (TPSA) is 54.4 Å². The second-order valence-corrected chi connectivity index (χ2v) is 3.56. The fraction of sp³-hybridized carbons (Fsp3) is 0.667. The summed E-state index contributed by atoms with van der Waals surface area (Å²) in [5, 5.41) is 8.32. The number of ketones is 1.